The number of aryl methyl sites for hydroxylation is 2. The third-order valence-electron chi connectivity index (χ3n) is 3.87. The van der Waals surface area contributed by atoms with Crippen molar-refractivity contribution in [1.82, 2.24) is 15.8 Å². The van der Waals surface area contributed by atoms with Crippen LogP contribution in [0.5, 0.6) is 0 Å². The van der Waals surface area contributed by atoms with Gasteiger partial charge in [-0.1, -0.05) is 54.1 Å². The highest BCUT2D eigenvalue weighted by molar-refractivity contribution is 5.95. The normalized spacial score (nSPS) is 10.4. The van der Waals surface area contributed by atoms with E-state index >= 15 is 0 Å². The first kappa shape index (κ1) is 16.6. The monoisotopic (exact) mass is 333 g/mol. The summed E-state index contributed by atoms with van der Waals surface area (Å²) >= 11 is 0. The van der Waals surface area contributed by atoms with Crippen molar-refractivity contribution in [2.24, 2.45) is 0 Å². The van der Waals surface area contributed by atoms with Crippen LogP contribution in [0.1, 0.15) is 28.0 Å². The van der Waals surface area contributed by atoms with Crippen molar-refractivity contribution in [3.8, 4) is 0 Å². The number of hydrogen-bond donors (Lipinski definition) is 2. The minimum atomic E-state index is -0.436. The van der Waals surface area contributed by atoms with E-state index in [4.69, 9.17) is 0 Å². The third-order valence-corrected chi connectivity index (χ3v) is 3.87. The van der Waals surface area contributed by atoms with Crippen LogP contribution in [0.2, 0.25) is 0 Å². The zero-order valence-corrected chi connectivity index (χ0v) is 14.0. The highest BCUT2D eigenvalue weighted by Gasteiger charge is 2.09. The summed E-state index contributed by atoms with van der Waals surface area (Å²) in [6, 6.07) is 19.0. The Morgan fingerprint density at radius 3 is 2.64 bits per heavy atom. The van der Waals surface area contributed by atoms with Gasteiger partial charge in [-0.15, -0.1) is 0 Å². The molecule has 2 amide bonds. The minimum absolute atomic E-state index is 0.240. The molecule has 0 aliphatic heterocycles. The van der Waals surface area contributed by atoms with Crippen LogP contribution in [0.15, 0.2) is 60.7 Å². The maximum Gasteiger partial charge on any atom is 0.288 e. The SMILES string of the molecule is Cc1cccc(CCC(=O)NNC(=O)c2ccc3ccccc3n2)c1. The van der Waals surface area contributed by atoms with Crippen LogP contribution in [0.4, 0.5) is 0 Å². The van der Waals surface area contributed by atoms with Gasteiger partial charge in [-0.05, 0) is 31.0 Å². The smallest absolute Gasteiger partial charge is 0.273 e. The van der Waals surface area contributed by atoms with Crippen LogP contribution < -0.4 is 10.9 Å². The van der Waals surface area contributed by atoms with Crippen LogP contribution >= 0.6 is 0 Å². The first-order valence-corrected chi connectivity index (χ1v) is 8.12. The maximum atomic E-state index is 12.1. The van der Waals surface area contributed by atoms with Crippen molar-refractivity contribution in [3.05, 3.63) is 77.5 Å². The van der Waals surface area contributed by atoms with E-state index < -0.39 is 5.91 Å². The summed E-state index contributed by atoms with van der Waals surface area (Å²) in [4.78, 5) is 28.3. The summed E-state index contributed by atoms with van der Waals surface area (Å²) in [5.41, 5.74) is 8.10. The van der Waals surface area contributed by atoms with Gasteiger partial charge in [-0.25, -0.2) is 4.98 Å². The summed E-state index contributed by atoms with van der Waals surface area (Å²) in [6.07, 6.45) is 0.923. The molecule has 0 spiro atoms. The number of aromatic nitrogens is 1. The van der Waals surface area contributed by atoms with Crippen LogP contribution in [-0.2, 0) is 11.2 Å². The lowest BCUT2D eigenvalue weighted by Crippen LogP contribution is -2.42. The number of benzene rings is 2. The number of hydrazine groups is 1. The molecule has 2 aromatic carbocycles. The molecule has 3 rings (SSSR count). The molecule has 0 atom stereocenters. The fourth-order valence-corrected chi connectivity index (χ4v) is 2.57. The molecule has 0 aliphatic carbocycles. The van der Waals surface area contributed by atoms with E-state index in [1.54, 1.807) is 6.07 Å². The van der Waals surface area contributed by atoms with E-state index in [1.807, 2.05) is 61.5 Å². The topological polar surface area (TPSA) is 71.1 Å². The number of nitrogens with one attached hydrogen (secondary N) is 2. The third kappa shape index (κ3) is 4.41. The number of carbonyl (C=O) groups excluding carboxylic acids is 2. The van der Waals surface area contributed by atoms with E-state index in [0.717, 1.165) is 22.0 Å². The summed E-state index contributed by atoms with van der Waals surface area (Å²) in [5, 5.41) is 0.959. The highest BCUT2D eigenvalue weighted by atomic mass is 16.2. The average Bonchev–Trinajstić information content (AvgIpc) is 2.64. The van der Waals surface area contributed by atoms with Crippen molar-refractivity contribution in [1.29, 1.82) is 0 Å². The molecule has 0 fully saturated rings. The van der Waals surface area contributed by atoms with E-state index in [2.05, 4.69) is 15.8 Å². The first-order valence-electron chi connectivity index (χ1n) is 8.12. The molecule has 0 aliphatic rings. The van der Waals surface area contributed by atoms with Gasteiger partial charge >= 0.3 is 0 Å². The van der Waals surface area contributed by atoms with Gasteiger partial charge in [-0.2, -0.15) is 0 Å². The highest BCUT2D eigenvalue weighted by Crippen LogP contribution is 2.11. The fourth-order valence-electron chi connectivity index (χ4n) is 2.57. The summed E-state index contributed by atoms with van der Waals surface area (Å²) in [5.74, 6) is -0.676. The number of rotatable bonds is 4. The number of pyridine rings is 1. The lowest BCUT2D eigenvalue weighted by molar-refractivity contribution is -0.121. The molecule has 126 valence electrons. The molecule has 1 heterocycles. The zero-order chi connectivity index (χ0) is 17.6. The van der Waals surface area contributed by atoms with Crippen molar-refractivity contribution < 1.29 is 9.59 Å². The lowest BCUT2D eigenvalue weighted by atomic mass is 10.1. The van der Waals surface area contributed by atoms with Crippen LogP contribution in [-0.4, -0.2) is 16.8 Å². The van der Waals surface area contributed by atoms with Gasteiger partial charge in [0.2, 0.25) is 5.91 Å². The van der Waals surface area contributed by atoms with Gasteiger partial charge in [0.15, 0.2) is 0 Å². The second-order valence-corrected chi connectivity index (χ2v) is 5.88. The molecule has 1 aromatic heterocycles. The Labute approximate surface area is 146 Å². The average molecular weight is 333 g/mol. The molecule has 0 saturated heterocycles. The molecule has 2 N–H and O–H groups in total. The van der Waals surface area contributed by atoms with Crippen LogP contribution in [0.3, 0.4) is 0 Å². The second-order valence-electron chi connectivity index (χ2n) is 5.88. The van der Waals surface area contributed by atoms with E-state index in [9.17, 15) is 9.59 Å². The van der Waals surface area contributed by atoms with Gasteiger partial charge in [0.1, 0.15) is 5.69 Å². The van der Waals surface area contributed by atoms with Crippen molar-refractivity contribution >= 4 is 22.7 Å². The maximum absolute atomic E-state index is 12.1. The van der Waals surface area contributed by atoms with Crippen LogP contribution in [0, 0.1) is 6.92 Å². The molecule has 0 unspecified atom stereocenters. The minimum Gasteiger partial charge on any atom is -0.273 e. The predicted octanol–water partition coefficient (Wildman–Crippen LogP) is 2.94. The molecule has 3 aromatic rings. The summed E-state index contributed by atoms with van der Waals surface area (Å²) < 4.78 is 0. The molecule has 25 heavy (non-hydrogen) atoms. The Kier molecular flexibility index (Phi) is 5.04. The van der Waals surface area contributed by atoms with E-state index in [-0.39, 0.29) is 11.6 Å². The number of hydrogen-bond acceptors (Lipinski definition) is 3. The van der Waals surface area contributed by atoms with Crippen molar-refractivity contribution in [2.75, 3.05) is 0 Å². The molecular weight excluding hydrogens is 314 g/mol. The molecule has 5 heteroatoms. The molecule has 0 bridgehead atoms. The lowest BCUT2D eigenvalue weighted by Gasteiger charge is -2.08. The summed E-state index contributed by atoms with van der Waals surface area (Å²) in [7, 11) is 0. The van der Waals surface area contributed by atoms with Crippen molar-refractivity contribution in [2.45, 2.75) is 19.8 Å². The van der Waals surface area contributed by atoms with Gasteiger partial charge in [-0.3, -0.25) is 20.4 Å². The second kappa shape index (κ2) is 7.57. The zero-order valence-electron chi connectivity index (χ0n) is 14.0. The largest absolute Gasteiger partial charge is 0.288 e. The molecule has 5 nitrogen and oxygen atoms in total. The number of amides is 2. The number of carbonyl (C=O) groups is 2. The Bertz CT molecular complexity index is 921. The Hall–Kier alpha value is -3.21. The van der Waals surface area contributed by atoms with E-state index in [1.165, 1.54) is 0 Å². The fraction of sp³-hybridized carbons (Fsp3) is 0.150. The Morgan fingerprint density at radius 2 is 1.80 bits per heavy atom. The number of fused-ring (bicyclic) bond motifs is 1. The predicted molar refractivity (Wildman–Crippen MR) is 96.9 cm³/mol. The van der Waals surface area contributed by atoms with Crippen LogP contribution in [0.25, 0.3) is 10.9 Å². The van der Waals surface area contributed by atoms with Gasteiger partial charge < -0.3 is 0 Å². The van der Waals surface area contributed by atoms with Crippen molar-refractivity contribution in [3.63, 3.8) is 0 Å². The quantitative estimate of drug-likeness (QED) is 0.721. The number of nitrogens with zero attached hydrogens (tertiary/aromatic N) is 1. The molecular formula is C20H19N3O2. The van der Waals surface area contributed by atoms with E-state index in [0.29, 0.717) is 12.8 Å². The Balaban J connectivity index is 1.53. The van der Waals surface area contributed by atoms with Gasteiger partial charge in [0, 0.05) is 11.8 Å². The molecule has 0 saturated carbocycles. The number of para-hydroxylation sites is 1. The standard InChI is InChI=1S/C20H19N3O2/c1-14-5-4-6-15(13-14)9-12-19(24)22-23-20(25)18-11-10-16-7-2-3-8-17(16)21-18/h2-8,10-11,13H,9,12H2,1H3,(H,22,24)(H,23,25). The molecule has 0 radical (unpaired) electrons. The van der Waals surface area contributed by atoms with Gasteiger partial charge in [0.25, 0.3) is 5.91 Å². The summed E-state index contributed by atoms with van der Waals surface area (Å²) in [6.45, 7) is 2.01. The first-order chi connectivity index (χ1) is 12.1. The van der Waals surface area contributed by atoms with Gasteiger partial charge in [0.05, 0.1) is 5.52 Å². The Morgan fingerprint density at radius 1 is 0.960 bits per heavy atom.